The summed E-state index contributed by atoms with van der Waals surface area (Å²) in [5.74, 6) is 0.189. The second kappa shape index (κ2) is 4.42. The average molecular weight is 172 g/mol. The first-order chi connectivity index (χ1) is 5.70. The third kappa shape index (κ3) is 3.69. The van der Waals surface area contributed by atoms with Gasteiger partial charge in [-0.05, 0) is 18.8 Å². The third-order valence-electron chi connectivity index (χ3n) is 2.07. The summed E-state index contributed by atoms with van der Waals surface area (Å²) in [6, 6.07) is 0. The summed E-state index contributed by atoms with van der Waals surface area (Å²) in [4.78, 5) is 10.3. The van der Waals surface area contributed by atoms with Gasteiger partial charge in [-0.1, -0.05) is 0 Å². The summed E-state index contributed by atoms with van der Waals surface area (Å²) in [5, 5.41) is 12.4. The van der Waals surface area contributed by atoms with E-state index in [1.165, 1.54) is 0 Å². The second-order valence-electron chi connectivity index (χ2n) is 3.33. The predicted octanol–water partition coefficient (Wildman–Crippen LogP) is -0.778. The summed E-state index contributed by atoms with van der Waals surface area (Å²) in [6.07, 6.45) is 2.38. The van der Waals surface area contributed by atoms with Crippen molar-refractivity contribution in [2.45, 2.75) is 25.4 Å². The van der Waals surface area contributed by atoms with E-state index in [0.29, 0.717) is 25.4 Å². The molecule has 1 fully saturated rings. The molecule has 4 heteroatoms. The maximum atomic E-state index is 10.3. The number of nitrogens with one attached hydrogen (secondary N) is 1. The number of hydrogen-bond donors (Lipinski definition) is 3. The molecule has 1 atom stereocenters. The van der Waals surface area contributed by atoms with Crippen LogP contribution in [0.2, 0.25) is 0 Å². The zero-order valence-electron chi connectivity index (χ0n) is 7.12. The van der Waals surface area contributed by atoms with Gasteiger partial charge in [0.15, 0.2) is 0 Å². The number of aliphatic hydroxyl groups is 1. The van der Waals surface area contributed by atoms with Gasteiger partial charge >= 0.3 is 0 Å². The van der Waals surface area contributed by atoms with Crippen molar-refractivity contribution in [2.24, 2.45) is 11.7 Å². The normalized spacial score (nSPS) is 19.1. The zero-order valence-corrected chi connectivity index (χ0v) is 7.12. The Balaban J connectivity index is 1.90. The van der Waals surface area contributed by atoms with Crippen LogP contribution in [0.1, 0.15) is 19.3 Å². The molecule has 1 saturated carbocycles. The average Bonchev–Trinajstić information content (AvgIpc) is 2.79. The van der Waals surface area contributed by atoms with Crippen LogP contribution in [0.5, 0.6) is 0 Å². The quantitative estimate of drug-likeness (QED) is 0.460. The zero-order chi connectivity index (χ0) is 8.97. The molecule has 1 amide bonds. The molecule has 0 aliphatic heterocycles. The van der Waals surface area contributed by atoms with Gasteiger partial charge in [-0.25, -0.2) is 0 Å². The van der Waals surface area contributed by atoms with E-state index in [0.717, 1.165) is 12.8 Å². The number of primary amides is 1. The van der Waals surface area contributed by atoms with E-state index in [9.17, 15) is 9.90 Å². The van der Waals surface area contributed by atoms with Crippen LogP contribution >= 0.6 is 0 Å². The smallest absolute Gasteiger partial charge is 0.218 e. The molecule has 12 heavy (non-hydrogen) atoms. The van der Waals surface area contributed by atoms with Crippen LogP contribution in [-0.2, 0) is 4.79 Å². The molecular weight excluding hydrogens is 156 g/mol. The first-order valence-corrected chi connectivity index (χ1v) is 4.37. The number of amides is 1. The Kier molecular flexibility index (Phi) is 3.49. The highest BCUT2D eigenvalue weighted by Gasteiger charge is 2.28. The Labute approximate surface area is 72.1 Å². The molecule has 0 aromatic carbocycles. The number of carbonyl (C=O) groups excluding carboxylic acids is 1. The lowest BCUT2D eigenvalue weighted by Crippen LogP contribution is -2.30. The Morgan fingerprint density at radius 1 is 1.67 bits per heavy atom. The van der Waals surface area contributed by atoms with Crippen LogP contribution in [0.15, 0.2) is 0 Å². The van der Waals surface area contributed by atoms with E-state index in [4.69, 9.17) is 5.73 Å². The maximum absolute atomic E-state index is 10.3. The first kappa shape index (κ1) is 9.48. The Hall–Kier alpha value is -0.610. The van der Waals surface area contributed by atoms with Gasteiger partial charge in [0.2, 0.25) is 5.91 Å². The highest BCUT2D eigenvalue weighted by molar-refractivity contribution is 5.73. The van der Waals surface area contributed by atoms with E-state index >= 15 is 0 Å². The van der Waals surface area contributed by atoms with Crippen molar-refractivity contribution in [3.05, 3.63) is 0 Å². The van der Waals surface area contributed by atoms with E-state index in [1.807, 2.05) is 0 Å². The van der Waals surface area contributed by atoms with Gasteiger partial charge in [0.25, 0.3) is 0 Å². The fraction of sp³-hybridized carbons (Fsp3) is 0.875. The lowest BCUT2D eigenvalue weighted by molar-refractivity contribution is -0.117. The molecule has 0 aromatic heterocycles. The topological polar surface area (TPSA) is 75.4 Å². The fourth-order valence-electron chi connectivity index (χ4n) is 1.11. The summed E-state index contributed by atoms with van der Waals surface area (Å²) < 4.78 is 0. The third-order valence-corrected chi connectivity index (χ3v) is 2.07. The monoisotopic (exact) mass is 172 g/mol. The molecule has 0 bridgehead atoms. The lowest BCUT2D eigenvalue weighted by Gasteiger charge is -2.09. The summed E-state index contributed by atoms with van der Waals surface area (Å²) in [6.45, 7) is 1.15. The van der Waals surface area contributed by atoms with Gasteiger partial charge in [0.1, 0.15) is 0 Å². The second-order valence-corrected chi connectivity index (χ2v) is 3.33. The van der Waals surface area contributed by atoms with Crippen LogP contribution in [0, 0.1) is 5.92 Å². The molecule has 1 rings (SSSR count). The van der Waals surface area contributed by atoms with Gasteiger partial charge in [-0.2, -0.15) is 0 Å². The van der Waals surface area contributed by atoms with Crippen molar-refractivity contribution in [1.82, 2.24) is 5.32 Å². The lowest BCUT2D eigenvalue weighted by atomic mass is 10.2. The minimum absolute atomic E-state index is 0.238. The molecule has 1 aliphatic rings. The van der Waals surface area contributed by atoms with Gasteiger partial charge in [0.05, 0.1) is 6.10 Å². The minimum atomic E-state index is -0.302. The summed E-state index contributed by atoms with van der Waals surface area (Å²) >= 11 is 0. The standard InChI is InChI=1S/C8H16N2O2/c9-8(12)3-4-10-5-7(11)6-1-2-6/h6-7,10-11H,1-5H2,(H2,9,12). The molecule has 70 valence electrons. The SMILES string of the molecule is NC(=O)CCNCC(O)C1CC1. The van der Waals surface area contributed by atoms with Gasteiger partial charge < -0.3 is 16.2 Å². The highest BCUT2D eigenvalue weighted by atomic mass is 16.3. The molecule has 1 aliphatic carbocycles. The van der Waals surface area contributed by atoms with Crippen LogP contribution in [-0.4, -0.2) is 30.2 Å². The van der Waals surface area contributed by atoms with Crippen molar-refractivity contribution in [1.29, 1.82) is 0 Å². The van der Waals surface area contributed by atoms with E-state index in [-0.39, 0.29) is 12.0 Å². The van der Waals surface area contributed by atoms with Crippen LogP contribution in [0.3, 0.4) is 0 Å². The Morgan fingerprint density at radius 3 is 2.83 bits per heavy atom. The van der Waals surface area contributed by atoms with Crippen molar-refractivity contribution < 1.29 is 9.90 Å². The fourth-order valence-corrected chi connectivity index (χ4v) is 1.11. The van der Waals surface area contributed by atoms with Gasteiger partial charge in [0, 0.05) is 19.5 Å². The number of rotatable bonds is 6. The number of carbonyl (C=O) groups is 1. The van der Waals surface area contributed by atoms with Crippen LogP contribution in [0.4, 0.5) is 0 Å². The van der Waals surface area contributed by atoms with E-state index in [2.05, 4.69) is 5.32 Å². The van der Waals surface area contributed by atoms with Crippen molar-refractivity contribution in [3.8, 4) is 0 Å². The van der Waals surface area contributed by atoms with Crippen molar-refractivity contribution in [2.75, 3.05) is 13.1 Å². The maximum Gasteiger partial charge on any atom is 0.218 e. The van der Waals surface area contributed by atoms with Gasteiger partial charge in [-0.15, -0.1) is 0 Å². The Morgan fingerprint density at radius 2 is 2.33 bits per heavy atom. The molecule has 1 unspecified atom stereocenters. The highest BCUT2D eigenvalue weighted by Crippen LogP contribution is 2.32. The summed E-state index contributed by atoms with van der Waals surface area (Å²) in [7, 11) is 0. The number of nitrogens with two attached hydrogens (primary N) is 1. The first-order valence-electron chi connectivity index (χ1n) is 4.37. The number of aliphatic hydroxyl groups excluding tert-OH is 1. The molecule has 0 saturated heterocycles. The van der Waals surface area contributed by atoms with Gasteiger partial charge in [-0.3, -0.25) is 4.79 Å². The molecule has 4 nitrogen and oxygen atoms in total. The molecule has 0 aromatic rings. The molecule has 4 N–H and O–H groups in total. The minimum Gasteiger partial charge on any atom is -0.392 e. The van der Waals surface area contributed by atoms with Crippen LogP contribution < -0.4 is 11.1 Å². The molecule has 0 heterocycles. The predicted molar refractivity (Wildman–Crippen MR) is 45.4 cm³/mol. The van der Waals surface area contributed by atoms with Crippen LogP contribution in [0.25, 0.3) is 0 Å². The van der Waals surface area contributed by atoms with E-state index in [1.54, 1.807) is 0 Å². The molecule has 0 spiro atoms. The largest absolute Gasteiger partial charge is 0.392 e. The Bertz CT molecular complexity index is 157. The molecular formula is C8H16N2O2. The van der Waals surface area contributed by atoms with Crippen molar-refractivity contribution >= 4 is 5.91 Å². The molecule has 0 radical (unpaired) electrons. The van der Waals surface area contributed by atoms with Crippen molar-refractivity contribution in [3.63, 3.8) is 0 Å². The number of hydrogen-bond acceptors (Lipinski definition) is 3. The van der Waals surface area contributed by atoms with E-state index < -0.39 is 0 Å². The summed E-state index contributed by atoms with van der Waals surface area (Å²) in [5.41, 5.74) is 4.94.